The molecule has 0 aromatic heterocycles. The molecule has 0 aliphatic heterocycles. The van der Waals surface area contributed by atoms with Crippen LogP contribution in [0.25, 0.3) is 11.1 Å². The molecular weight excluding hydrogens is 420 g/mol. The number of carboxylic acids is 1. The molecule has 4 rings (SSSR count). The van der Waals surface area contributed by atoms with Crippen molar-refractivity contribution in [3.8, 4) is 11.1 Å². The second-order valence-corrected chi connectivity index (χ2v) is 8.83. The molecule has 0 heterocycles. The predicted molar refractivity (Wildman–Crippen MR) is 124 cm³/mol. The summed E-state index contributed by atoms with van der Waals surface area (Å²) in [6.45, 7) is 2.10. The van der Waals surface area contributed by atoms with Gasteiger partial charge in [-0.05, 0) is 41.5 Å². The van der Waals surface area contributed by atoms with Gasteiger partial charge in [0.15, 0.2) is 0 Å². The van der Waals surface area contributed by atoms with Gasteiger partial charge in [-0.1, -0.05) is 61.9 Å². The number of aliphatic carboxylic acids is 1. The van der Waals surface area contributed by atoms with Crippen molar-refractivity contribution in [3.05, 3.63) is 59.7 Å². The Bertz CT molecular complexity index is 991. The Hall–Kier alpha value is -3.35. The van der Waals surface area contributed by atoms with Crippen molar-refractivity contribution in [2.75, 3.05) is 6.61 Å². The smallest absolute Gasteiger partial charge is 0.407 e. The summed E-state index contributed by atoms with van der Waals surface area (Å²) < 4.78 is 5.58. The molecule has 2 aliphatic rings. The number of nitrogens with one attached hydrogen (secondary N) is 2. The molecule has 2 aliphatic carbocycles. The first-order valence-electron chi connectivity index (χ1n) is 11.6. The molecule has 7 heteroatoms. The summed E-state index contributed by atoms with van der Waals surface area (Å²) in [4.78, 5) is 36.3. The molecule has 7 nitrogen and oxygen atoms in total. The maximum atomic E-state index is 12.5. The average molecular weight is 451 g/mol. The van der Waals surface area contributed by atoms with E-state index in [4.69, 9.17) is 4.74 Å². The Labute approximate surface area is 193 Å². The molecule has 2 aromatic carbocycles. The molecule has 3 atom stereocenters. The van der Waals surface area contributed by atoms with Crippen molar-refractivity contribution in [1.29, 1.82) is 0 Å². The van der Waals surface area contributed by atoms with Gasteiger partial charge < -0.3 is 20.5 Å². The summed E-state index contributed by atoms with van der Waals surface area (Å²) in [5, 5.41) is 14.9. The number of hydrogen-bond donors (Lipinski definition) is 3. The summed E-state index contributed by atoms with van der Waals surface area (Å²) in [5.74, 6) is -1.69. The molecule has 0 bridgehead atoms. The minimum Gasteiger partial charge on any atom is -0.481 e. The van der Waals surface area contributed by atoms with Crippen molar-refractivity contribution in [2.45, 2.75) is 57.0 Å². The van der Waals surface area contributed by atoms with Gasteiger partial charge >= 0.3 is 12.1 Å². The van der Waals surface area contributed by atoms with E-state index in [1.54, 1.807) is 0 Å². The number of carbonyl (C=O) groups excluding carboxylic acids is 2. The van der Waals surface area contributed by atoms with E-state index in [0.29, 0.717) is 19.3 Å². The van der Waals surface area contributed by atoms with Crippen LogP contribution in [0.15, 0.2) is 48.5 Å². The summed E-state index contributed by atoms with van der Waals surface area (Å²) >= 11 is 0. The molecule has 2 amide bonds. The molecule has 0 radical (unpaired) electrons. The minimum atomic E-state index is -0.874. The van der Waals surface area contributed by atoms with Crippen LogP contribution >= 0.6 is 0 Å². The van der Waals surface area contributed by atoms with Crippen molar-refractivity contribution in [1.82, 2.24) is 10.6 Å². The fourth-order valence-corrected chi connectivity index (χ4v) is 5.02. The molecule has 0 spiro atoms. The van der Waals surface area contributed by atoms with Crippen LogP contribution in [0.5, 0.6) is 0 Å². The number of hydrogen-bond acceptors (Lipinski definition) is 4. The van der Waals surface area contributed by atoms with Crippen LogP contribution in [-0.4, -0.2) is 41.8 Å². The molecule has 3 N–H and O–H groups in total. The highest BCUT2D eigenvalue weighted by molar-refractivity contribution is 5.80. The lowest BCUT2D eigenvalue weighted by molar-refractivity contribution is -0.142. The van der Waals surface area contributed by atoms with Gasteiger partial charge in [-0.3, -0.25) is 9.59 Å². The quantitative estimate of drug-likeness (QED) is 0.563. The van der Waals surface area contributed by atoms with E-state index >= 15 is 0 Å². The highest BCUT2D eigenvalue weighted by Gasteiger charge is 2.34. The standard InChI is InChI=1S/C26H30N2O5/c1-2-16(14-24(29)28-23-13-7-12-21(23)25(30)31)27-26(32)33-15-22-19-10-5-3-8-17(19)18-9-4-6-11-20(18)22/h3-6,8-11,16,21-23H,2,7,12-15H2,1H3,(H,27,32)(H,28,29)(H,30,31)/t16-,21?,23?/m0/s1. The lowest BCUT2D eigenvalue weighted by atomic mass is 9.98. The molecule has 1 fully saturated rings. The second-order valence-electron chi connectivity index (χ2n) is 8.83. The van der Waals surface area contributed by atoms with Crippen molar-refractivity contribution >= 4 is 18.0 Å². The third-order valence-electron chi connectivity index (χ3n) is 6.77. The van der Waals surface area contributed by atoms with Gasteiger partial charge in [0, 0.05) is 24.4 Å². The molecular formula is C26H30N2O5. The number of ether oxygens (including phenoxy) is 1. The van der Waals surface area contributed by atoms with Crippen molar-refractivity contribution < 1.29 is 24.2 Å². The normalized spacial score (nSPS) is 19.9. The number of alkyl carbamates (subject to hydrolysis) is 1. The molecule has 2 unspecified atom stereocenters. The molecule has 2 aromatic rings. The van der Waals surface area contributed by atoms with E-state index in [9.17, 15) is 19.5 Å². The Morgan fingerprint density at radius 2 is 1.67 bits per heavy atom. The van der Waals surface area contributed by atoms with Crippen molar-refractivity contribution in [3.63, 3.8) is 0 Å². The van der Waals surface area contributed by atoms with E-state index in [1.807, 2.05) is 31.2 Å². The van der Waals surface area contributed by atoms with Gasteiger partial charge in [0.2, 0.25) is 5.91 Å². The minimum absolute atomic E-state index is 0.0261. The summed E-state index contributed by atoms with van der Waals surface area (Å²) in [5.41, 5.74) is 4.61. The average Bonchev–Trinajstić information content (AvgIpc) is 3.40. The third-order valence-corrected chi connectivity index (χ3v) is 6.77. The molecule has 1 saturated carbocycles. The van der Waals surface area contributed by atoms with Crippen molar-refractivity contribution in [2.24, 2.45) is 5.92 Å². The first-order chi connectivity index (χ1) is 16.0. The molecule has 0 saturated heterocycles. The maximum absolute atomic E-state index is 12.5. The van der Waals surface area contributed by atoms with Gasteiger partial charge in [-0.2, -0.15) is 0 Å². The van der Waals surface area contributed by atoms with E-state index in [2.05, 4.69) is 34.9 Å². The fourth-order valence-electron chi connectivity index (χ4n) is 5.02. The summed E-state index contributed by atoms with van der Waals surface area (Å²) in [6.07, 6.45) is 2.13. The Kier molecular flexibility index (Phi) is 6.96. The molecule has 33 heavy (non-hydrogen) atoms. The van der Waals surface area contributed by atoms with Crippen LogP contribution in [-0.2, 0) is 14.3 Å². The van der Waals surface area contributed by atoms with E-state index in [-0.39, 0.29) is 36.9 Å². The Balaban J connectivity index is 1.31. The van der Waals surface area contributed by atoms with Crippen LogP contribution in [0.4, 0.5) is 4.79 Å². The van der Waals surface area contributed by atoms with Crippen LogP contribution < -0.4 is 10.6 Å². The number of rotatable bonds is 8. The number of amides is 2. The zero-order valence-corrected chi connectivity index (χ0v) is 18.8. The largest absolute Gasteiger partial charge is 0.481 e. The number of fused-ring (bicyclic) bond motifs is 3. The van der Waals surface area contributed by atoms with Crippen LogP contribution in [0.3, 0.4) is 0 Å². The predicted octanol–water partition coefficient (Wildman–Crippen LogP) is 4.06. The van der Waals surface area contributed by atoms with Gasteiger partial charge in [0.05, 0.1) is 5.92 Å². The van der Waals surface area contributed by atoms with Crippen LogP contribution in [0, 0.1) is 5.92 Å². The summed E-state index contributed by atoms with van der Waals surface area (Å²) in [7, 11) is 0. The number of carboxylic acid groups (broad SMARTS) is 1. The topological polar surface area (TPSA) is 105 Å². The maximum Gasteiger partial charge on any atom is 0.407 e. The Morgan fingerprint density at radius 1 is 1.03 bits per heavy atom. The zero-order chi connectivity index (χ0) is 23.4. The SMILES string of the molecule is CC[C@@H](CC(=O)NC1CCCC1C(=O)O)NC(=O)OCC1c2ccccc2-c2ccccc21. The van der Waals surface area contributed by atoms with E-state index in [1.165, 1.54) is 0 Å². The molecule has 174 valence electrons. The monoisotopic (exact) mass is 450 g/mol. The van der Waals surface area contributed by atoms with Crippen LogP contribution in [0.1, 0.15) is 56.1 Å². The number of benzene rings is 2. The van der Waals surface area contributed by atoms with Crippen LogP contribution in [0.2, 0.25) is 0 Å². The number of carbonyl (C=O) groups is 3. The van der Waals surface area contributed by atoms with Gasteiger partial charge in [-0.15, -0.1) is 0 Å². The fraction of sp³-hybridized carbons (Fsp3) is 0.423. The lowest BCUT2D eigenvalue weighted by Gasteiger charge is -2.21. The zero-order valence-electron chi connectivity index (χ0n) is 18.8. The Morgan fingerprint density at radius 3 is 2.27 bits per heavy atom. The third kappa shape index (κ3) is 5.02. The highest BCUT2D eigenvalue weighted by atomic mass is 16.5. The van der Waals surface area contributed by atoms with Gasteiger partial charge in [0.1, 0.15) is 6.61 Å². The van der Waals surface area contributed by atoms with Gasteiger partial charge in [-0.25, -0.2) is 4.79 Å². The highest BCUT2D eigenvalue weighted by Crippen LogP contribution is 2.44. The first-order valence-corrected chi connectivity index (χ1v) is 11.6. The van der Waals surface area contributed by atoms with Gasteiger partial charge in [0.25, 0.3) is 0 Å². The van der Waals surface area contributed by atoms with E-state index in [0.717, 1.165) is 28.7 Å². The summed E-state index contributed by atoms with van der Waals surface area (Å²) in [6, 6.07) is 15.6. The second kappa shape index (κ2) is 10.1. The first kappa shape index (κ1) is 22.8. The van der Waals surface area contributed by atoms with E-state index < -0.39 is 18.0 Å². The lowest BCUT2D eigenvalue weighted by Crippen LogP contribution is -2.44.